The molecule has 0 aliphatic heterocycles. The van der Waals surface area contributed by atoms with Gasteiger partial charge in [-0.05, 0) is 68.9 Å². The van der Waals surface area contributed by atoms with Crippen LogP contribution in [0.1, 0.15) is 79.6 Å². The van der Waals surface area contributed by atoms with Gasteiger partial charge in [-0.1, -0.05) is 27.7 Å². The molecule has 7 N–H and O–H groups in total. The minimum atomic E-state index is -1.97. The molecule has 8 heteroatoms. The summed E-state index contributed by atoms with van der Waals surface area (Å²) < 4.78 is 0. The number of hydrogen-bond acceptors (Lipinski definition) is 8. The number of aliphatic hydroxyl groups excluding tert-OH is 4. The molecule has 0 aromatic rings. The van der Waals surface area contributed by atoms with Crippen LogP contribution in [0, 0.1) is 28.6 Å². The first-order valence-corrected chi connectivity index (χ1v) is 13.1. The van der Waals surface area contributed by atoms with Crippen LogP contribution in [0.25, 0.3) is 0 Å². The summed E-state index contributed by atoms with van der Waals surface area (Å²) in [6, 6.07) is 0. The van der Waals surface area contributed by atoms with Gasteiger partial charge < -0.3 is 35.7 Å². The molecule has 0 bridgehead atoms. The zero-order chi connectivity index (χ0) is 26.4. The summed E-state index contributed by atoms with van der Waals surface area (Å²) in [4.78, 5) is 13.3. The lowest BCUT2D eigenvalue weighted by Gasteiger charge is -2.64. The van der Waals surface area contributed by atoms with Crippen LogP contribution in [-0.4, -0.2) is 82.7 Å². The van der Waals surface area contributed by atoms with E-state index in [-0.39, 0.29) is 25.7 Å². The molecule has 4 rings (SSSR count). The van der Waals surface area contributed by atoms with E-state index in [4.69, 9.17) is 0 Å². The van der Waals surface area contributed by atoms with Crippen LogP contribution in [-0.2, 0) is 4.79 Å². The average molecular weight is 497 g/mol. The van der Waals surface area contributed by atoms with Crippen molar-refractivity contribution < 1.29 is 40.5 Å². The topological polar surface area (TPSA) is 159 Å². The summed E-state index contributed by atoms with van der Waals surface area (Å²) in [5.41, 5.74) is -7.02. The fraction of sp³-hybridized carbons (Fsp3) is 0.889. The largest absolute Gasteiger partial charge is 0.392 e. The highest BCUT2D eigenvalue weighted by atomic mass is 16.3. The van der Waals surface area contributed by atoms with Gasteiger partial charge in [-0.2, -0.15) is 0 Å². The minimum absolute atomic E-state index is 0.0989. The van der Waals surface area contributed by atoms with E-state index in [0.717, 1.165) is 6.42 Å². The standard InChI is InChI=1S/C27H44O8/c1-14(2)6-7-20(31)25(5,33)19-8-9-26(34)15-10-21(32)27(35)13-17(29)16(28)11-24(27,4)22(15)18(30)12-23(19,26)3/h10,14,16-20,22,28-31,33-35H,6-9,11-13H2,1-5H3/t16-,17+,18-,19-,20-,22-,23-,24-,25-,26-,27-/m1/s1. The molecule has 3 fully saturated rings. The maximum atomic E-state index is 13.3. The molecule has 4 aliphatic rings. The van der Waals surface area contributed by atoms with E-state index in [1.165, 1.54) is 6.08 Å². The Balaban J connectivity index is 1.76. The second kappa shape index (κ2) is 8.32. The predicted octanol–water partition coefficient (Wildman–Crippen LogP) is 0.825. The molecule has 200 valence electrons. The number of carbonyl (C=O) groups excluding carboxylic acids is 1. The van der Waals surface area contributed by atoms with Gasteiger partial charge in [0.25, 0.3) is 0 Å². The third-order valence-electron chi connectivity index (χ3n) is 10.6. The molecule has 0 aromatic carbocycles. The molecule has 0 aromatic heterocycles. The summed E-state index contributed by atoms with van der Waals surface area (Å²) in [7, 11) is 0. The molecule has 0 unspecified atom stereocenters. The van der Waals surface area contributed by atoms with Gasteiger partial charge in [-0.15, -0.1) is 0 Å². The third kappa shape index (κ3) is 3.55. The Morgan fingerprint density at radius 2 is 1.54 bits per heavy atom. The number of carbonyl (C=O) groups is 1. The normalized spacial score (nSPS) is 50.1. The predicted molar refractivity (Wildman–Crippen MR) is 128 cm³/mol. The monoisotopic (exact) mass is 496 g/mol. The van der Waals surface area contributed by atoms with Crippen molar-refractivity contribution >= 4 is 5.78 Å². The van der Waals surface area contributed by atoms with Crippen molar-refractivity contribution in [3.8, 4) is 0 Å². The van der Waals surface area contributed by atoms with E-state index in [1.54, 1.807) is 13.8 Å². The number of ketones is 1. The van der Waals surface area contributed by atoms with Gasteiger partial charge in [0.2, 0.25) is 0 Å². The summed E-state index contributed by atoms with van der Waals surface area (Å²) in [6.45, 7) is 9.14. The van der Waals surface area contributed by atoms with Gasteiger partial charge >= 0.3 is 0 Å². The average Bonchev–Trinajstić information content (AvgIpc) is 3.01. The van der Waals surface area contributed by atoms with E-state index in [9.17, 15) is 40.5 Å². The smallest absolute Gasteiger partial charge is 0.187 e. The maximum Gasteiger partial charge on any atom is 0.187 e. The molecule has 4 aliphatic carbocycles. The molecule has 0 amide bonds. The molecular formula is C27H44O8. The first-order valence-electron chi connectivity index (χ1n) is 13.1. The quantitative estimate of drug-likeness (QED) is 0.295. The summed E-state index contributed by atoms with van der Waals surface area (Å²) in [6.07, 6.45) is -1.83. The van der Waals surface area contributed by atoms with Crippen LogP contribution < -0.4 is 0 Å². The van der Waals surface area contributed by atoms with Crippen LogP contribution in [0.15, 0.2) is 11.6 Å². The summed E-state index contributed by atoms with van der Waals surface area (Å²) in [5.74, 6) is -1.63. The fourth-order valence-electron chi connectivity index (χ4n) is 8.42. The summed E-state index contributed by atoms with van der Waals surface area (Å²) in [5, 5.41) is 78.4. The second-order valence-electron chi connectivity index (χ2n) is 13.1. The molecular weight excluding hydrogens is 452 g/mol. The van der Waals surface area contributed by atoms with Crippen molar-refractivity contribution in [1.29, 1.82) is 0 Å². The van der Waals surface area contributed by atoms with Gasteiger partial charge in [0.05, 0.1) is 35.6 Å². The molecule has 3 saturated carbocycles. The number of rotatable bonds is 5. The van der Waals surface area contributed by atoms with Crippen LogP contribution in [0.4, 0.5) is 0 Å². The Morgan fingerprint density at radius 3 is 2.14 bits per heavy atom. The van der Waals surface area contributed by atoms with Crippen molar-refractivity contribution in [1.82, 2.24) is 0 Å². The van der Waals surface area contributed by atoms with Crippen LogP contribution in [0.2, 0.25) is 0 Å². The number of fused-ring (bicyclic) bond motifs is 5. The number of hydrogen-bond donors (Lipinski definition) is 7. The second-order valence-corrected chi connectivity index (χ2v) is 13.1. The number of aliphatic hydroxyl groups is 7. The van der Waals surface area contributed by atoms with E-state index in [1.807, 2.05) is 20.8 Å². The van der Waals surface area contributed by atoms with Gasteiger partial charge in [-0.25, -0.2) is 0 Å². The highest BCUT2D eigenvalue weighted by Gasteiger charge is 2.73. The Bertz CT molecular complexity index is 900. The van der Waals surface area contributed by atoms with Crippen LogP contribution in [0.5, 0.6) is 0 Å². The van der Waals surface area contributed by atoms with E-state index in [0.29, 0.717) is 24.3 Å². The highest BCUT2D eigenvalue weighted by molar-refractivity contribution is 6.00. The summed E-state index contributed by atoms with van der Waals surface area (Å²) >= 11 is 0. The zero-order valence-electron chi connectivity index (χ0n) is 21.6. The Kier molecular flexibility index (Phi) is 6.46. The van der Waals surface area contributed by atoms with Crippen LogP contribution >= 0.6 is 0 Å². The molecule has 8 nitrogen and oxygen atoms in total. The third-order valence-corrected chi connectivity index (χ3v) is 10.6. The van der Waals surface area contributed by atoms with Crippen LogP contribution in [0.3, 0.4) is 0 Å². The lowest BCUT2D eigenvalue weighted by Crippen LogP contribution is -2.71. The fourth-order valence-corrected chi connectivity index (χ4v) is 8.42. The lowest BCUT2D eigenvalue weighted by atomic mass is 9.43. The first-order chi connectivity index (χ1) is 16.0. The first kappa shape index (κ1) is 27.2. The van der Waals surface area contributed by atoms with Gasteiger partial charge in [-0.3, -0.25) is 4.79 Å². The van der Waals surface area contributed by atoms with Gasteiger partial charge in [0, 0.05) is 23.2 Å². The van der Waals surface area contributed by atoms with Crippen molar-refractivity contribution in [2.45, 2.75) is 121 Å². The Hall–Kier alpha value is -0.870. The van der Waals surface area contributed by atoms with Crippen molar-refractivity contribution in [2.75, 3.05) is 0 Å². The van der Waals surface area contributed by atoms with Crippen molar-refractivity contribution in [2.24, 2.45) is 28.6 Å². The van der Waals surface area contributed by atoms with E-state index >= 15 is 0 Å². The van der Waals surface area contributed by atoms with Crippen molar-refractivity contribution in [3.63, 3.8) is 0 Å². The molecule has 0 radical (unpaired) electrons. The van der Waals surface area contributed by atoms with Gasteiger partial charge in [0.1, 0.15) is 5.60 Å². The van der Waals surface area contributed by atoms with E-state index < -0.39 is 69.7 Å². The Morgan fingerprint density at radius 1 is 0.971 bits per heavy atom. The minimum Gasteiger partial charge on any atom is -0.392 e. The lowest BCUT2D eigenvalue weighted by molar-refractivity contribution is -0.228. The molecule has 0 spiro atoms. The molecule has 35 heavy (non-hydrogen) atoms. The van der Waals surface area contributed by atoms with Crippen molar-refractivity contribution in [3.05, 3.63) is 11.6 Å². The highest BCUT2D eigenvalue weighted by Crippen LogP contribution is 2.69. The SMILES string of the molecule is CC(C)CC[C@@H](O)[C@](C)(O)[C@@H]1CC[C@@]2(O)C3=CC(=O)[C@]4(O)C[C@H](O)[C@H](O)C[C@]4(C)[C@H]3[C@H](O)C[C@]12C. The maximum absolute atomic E-state index is 13.3. The van der Waals surface area contributed by atoms with E-state index in [2.05, 4.69) is 0 Å². The van der Waals surface area contributed by atoms with Gasteiger partial charge in [0.15, 0.2) is 5.78 Å². The zero-order valence-corrected chi connectivity index (χ0v) is 21.6. The molecule has 0 saturated heterocycles. The molecule has 0 heterocycles. The molecule has 11 atom stereocenters. The Labute approximate surface area is 207 Å².